The van der Waals surface area contributed by atoms with Gasteiger partial charge in [0.1, 0.15) is 0 Å². The molecule has 0 aromatic heterocycles. The minimum absolute atomic E-state index is 0.0111. The number of hydrogen-bond donors (Lipinski definition) is 1. The lowest BCUT2D eigenvalue weighted by Gasteiger charge is -2.33. The van der Waals surface area contributed by atoms with Gasteiger partial charge in [0.15, 0.2) is 0 Å². The van der Waals surface area contributed by atoms with Crippen LogP contribution in [0.2, 0.25) is 0 Å². The van der Waals surface area contributed by atoms with E-state index in [-0.39, 0.29) is 23.8 Å². The number of likely N-dealkylation sites (N-methyl/N-ethyl adjacent to an activating group) is 1. The van der Waals surface area contributed by atoms with Gasteiger partial charge in [-0.25, -0.2) is 0 Å². The molecular formula is C14H24N2O2. The number of likely N-dealkylation sites (tertiary alicyclic amines) is 1. The molecular weight excluding hydrogens is 228 g/mol. The van der Waals surface area contributed by atoms with Gasteiger partial charge in [-0.05, 0) is 31.7 Å². The Labute approximate surface area is 109 Å². The molecule has 0 spiro atoms. The van der Waals surface area contributed by atoms with Crippen LogP contribution in [0.25, 0.3) is 0 Å². The van der Waals surface area contributed by atoms with Crippen molar-refractivity contribution in [3.63, 3.8) is 0 Å². The molecule has 1 saturated carbocycles. The lowest BCUT2D eigenvalue weighted by Crippen LogP contribution is -2.50. The molecule has 0 aromatic rings. The standard InChI is InChI=1S/C14H24N2O2/c1-10-7-13(17)16(14(18)8-10)9-12(15-2)11-5-3-4-6-11/h10-12,15H,3-9H2,1-2H3. The Morgan fingerprint density at radius 1 is 1.22 bits per heavy atom. The van der Waals surface area contributed by atoms with E-state index >= 15 is 0 Å². The van der Waals surface area contributed by atoms with Crippen molar-refractivity contribution in [1.82, 2.24) is 10.2 Å². The predicted octanol–water partition coefficient (Wildman–Crippen LogP) is 1.55. The molecule has 1 heterocycles. The topological polar surface area (TPSA) is 49.4 Å². The lowest BCUT2D eigenvalue weighted by molar-refractivity contribution is -0.150. The third-order valence-electron chi connectivity index (χ3n) is 4.37. The van der Waals surface area contributed by atoms with Gasteiger partial charge in [0.25, 0.3) is 0 Å². The Balaban J connectivity index is 1.97. The number of carbonyl (C=O) groups excluding carboxylic acids is 2. The number of nitrogens with zero attached hydrogens (tertiary/aromatic N) is 1. The van der Waals surface area contributed by atoms with Gasteiger partial charge in [0.2, 0.25) is 11.8 Å². The fourth-order valence-corrected chi connectivity index (χ4v) is 3.26. The molecule has 1 unspecified atom stereocenters. The van der Waals surface area contributed by atoms with Crippen LogP contribution in [0.3, 0.4) is 0 Å². The van der Waals surface area contributed by atoms with Crippen molar-refractivity contribution in [1.29, 1.82) is 0 Å². The van der Waals surface area contributed by atoms with Gasteiger partial charge in [-0.2, -0.15) is 0 Å². The van der Waals surface area contributed by atoms with Gasteiger partial charge >= 0.3 is 0 Å². The largest absolute Gasteiger partial charge is 0.315 e. The van der Waals surface area contributed by atoms with Crippen molar-refractivity contribution in [3.8, 4) is 0 Å². The molecule has 1 aliphatic carbocycles. The third kappa shape index (κ3) is 2.91. The van der Waals surface area contributed by atoms with E-state index in [1.54, 1.807) is 0 Å². The van der Waals surface area contributed by atoms with E-state index in [4.69, 9.17) is 0 Å². The highest BCUT2D eigenvalue weighted by Gasteiger charge is 2.34. The van der Waals surface area contributed by atoms with E-state index in [0.717, 1.165) is 0 Å². The van der Waals surface area contributed by atoms with Crippen LogP contribution in [0.4, 0.5) is 0 Å². The molecule has 2 rings (SSSR count). The second kappa shape index (κ2) is 5.83. The number of piperidine rings is 1. The summed E-state index contributed by atoms with van der Waals surface area (Å²) in [7, 11) is 1.94. The molecule has 2 aliphatic rings. The van der Waals surface area contributed by atoms with Crippen molar-refractivity contribution in [3.05, 3.63) is 0 Å². The summed E-state index contributed by atoms with van der Waals surface area (Å²) in [5, 5.41) is 3.30. The maximum absolute atomic E-state index is 12.0. The average molecular weight is 252 g/mol. The normalized spacial score (nSPS) is 24.9. The first-order valence-corrected chi connectivity index (χ1v) is 7.12. The second-order valence-electron chi connectivity index (χ2n) is 5.85. The highest BCUT2D eigenvalue weighted by molar-refractivity contribution is 5.97. The lowest BCUT2D eigenvalue weighted by atomic mass is 9.94. The Bertz CT molecular complexity index is 306. The molecule has 1 atom stereocenters. The highest BCUT2D eigenvalue weighted by atomic mass is 16.2. The van der Waals surface area contributed by atoms with Gasteiger partial charge in [0.05, 0.1) is 0 Å². The number of imide groups is 1. The number of rotatable bonds is 4. The molecule has 1 aliphatic heterocycles. The number of nitrogens with one attached hydrogen (secondary N) is 1. The van der Waals surface area contributed by atoms with E-state index in [0.29, 0.717) is 25.3 Å². The van der Waals surface area contributed by atoms with Crippen molar-refractivity contribution in [2.24, 2.45) is 11.8 Å². The molecule has 102 valence electrons. The maximum atomic E-state index is 12.0. The zero-order valence-corrected chi connectivity index (χ0v) is 11.4. The summed E-state index contributed by atoms with van der Waals surface area (Å²) in [5.74, 6) is 0.852. The number of amides is 2. The fourth-order valence-electron chi connectivity index (χ4n) is 3.26. The first kappa shape index (κ1) is 13.5. The minimum Gasteiger partial charge on any atom is -0.315 e. The van der Waals surface area contributed by atoms with Crippen LogP contribution in [0.15, 0.2) is 0 Å². The molecule has 4 nitrogen and oxygen atoms in total. The van der Waals surface area contributed by atoms with Gasteiger partial charge in [-0.3, -0.25) is 14.5 Å². The van der Waals surface area contributed by atoms with E-state index in [1.807, 2.05) is 14.0 Å². The molecule has 1 saturated heterocycles. The van der Waals surface area contributed by atoms with Gasteiger partial charge < -0.3 is 5.32 Å². The summed E-state index contributed by atoms with van der Waals surface area (Å²) in [6.07, 6.45) is 6.04. The Morgan fingerprint density at radius 2 is 1.78 bits per heavy atom. The molecule has 1 N–H and O–H groups in total. The highest BCUT2D eigenvalue weighted by Crippen LogP contribution is 2.29. The number of hydrogen-bond acceptors (Lipinski definition) is 3. The predicted molar refractivity (Wildman–Crippen MR) is 69.9 cm³/mol. The van der Waals surface area contributed by atoms with Crippen LogP contribution < -0.4 is 5.32 Å². The molecule has 2 fully saturated rings. The van der Waals surface area contributed by atoms with Crippen LogP contribution in [0, 0.1) is 11.8 Å². The van der Waals surface area contributed by atoms with Crippen LogP contribution in [-0.4, -0.2) is 36.3 Å². The van der Waals surface area contributed by atoms with E-state index in [1.165, 1.54) is 30.6 Å². The quantitative estimate of drug-likeness (QED) is 0.772. The second-order valence-corrected chi connectivity index (χ2v) is 5.85. The van der Waals surface area contributed by atoms with E-state index < -0.39 is 0 Å². The summed E-state index contributed by atoms with van der Waals surface area (Å²) >= 11 is 0. The molecule has 2 amide bonds. The zero-order valence-electron chi connectivity index (χ0n) is 11.4. The Kier molecular flexibility index (Phi) is 4.38. The zero-order chi connectivity index (χ0) is 13.1. The SMILES string of the molecule is CNC(CN1C(=O)CC(C)CC1=O)C1CCCC1. The van der Waals surface area contributed by atoms with Crippen molar-refractivity contribution in [2.45, 2.75) is 51.5 Å². The monoisotopic (exact) mass is 252 g/mol. The maximum Gasteiger partial charge on any atom is 0.229 e. The Morgan fingerprint density at radius 3 is 2.28 bits per heavy atom. The summed E-state index contributed by atoms with van der Waals surface area (Å²) in [4.78, 5) is 25.4. The minimum atomic E-state index is 0.0111. The average Bonchev–Trinajstić information content (AvgIpc) is 2.81. The first-order chi connectivity index (χ1) is 8.61. The number of carbonyl (C=O) groups is 2. The van der Waals surface area contributed by atoms with Crippen LogP contribution in [0.1, 0.15) is 45.4 Å². The molecule has 0 bridgehead atoms. The van der Waals surface area contributed by atoms with Crippen molar-refractivity contribution in [2.75, 3.05) is 13.6 Å². The first-order valence-electron chi connectivity index (χ1n) is 7.12. The van der Waals surface area contributed by atoms with E-state index in [2.05, 4.69) is 5.32 Å². The van der Waals surface area contributed by atoms with Crippen molar-refractivity contribution >= 4 is 11.8 Å². The summed E-state index contributed by atoms with van der Waals surface area (Å²) < 4.78 is 0. The molecule has 0 aromatic carbocycles. The third-order valence-corrected chi connectivity index (χ3v) is 4.37. The molecule has 4 heteroatoms. The van der Waals surface area contributed by atoms with Gasteiger partial charge in [-0.15, -0.1) is 0 Å². The van der Waals surface area contributed by atoms with E-state index in [9.17, 15) is 9.59 Å². The molecule has 0 radical (unpaired) electrons. The van der Waals surface area contributed by atoms with Gasteiger partial charge in [0, 0.05) is 25.4 Å². The summed E-state index contributed by atoms with van der Waals surface area (Å²) in [6, 6.07) is 0.272. The van der Waals surface area contributed by atoms with Crippen LogP contribution >= 0.6 is 0 Å². The van der Waals surface area contributed by atoms with Gasteiger partial charge in [-0.1, -0.05) is 19.8 Å². The van der Waals surface area contributed by atoms with Crippen LogP contribution in [0.5, 0.6) is 0 Å². The fraction of sp³-hybridized carbons (Fsp3) is 0.857. The summed E-state index contributed by atoms with van der Waals surface area (Å²) in [6.45, 7) is 2.53. The molecule has 18 heavy (non-hydrogen) atoms. The summed E-state index contributed by atoms with van der Waals surface area (Å²) in [5.41, 5.74) is 0. The Hall–Kier alpha value is -0.900. The smallest absolute Gasteiger partial charge is 0.229 e. The van der Waals surface area contributed by atoms with Crippen molar-refractivity contribution < 1.29 is 9.59 Å². The van der Waals surface area contributed by atoms with Crippen LogP contribution in [-0.2, 0) is 9.59 Å².